The standard InChI is InChI=1S/C16H20N6O/c1-11-13(12(2)20-19-11)7-9-22(3)10-15-18-16(21-23-15)14-6-4-5-8-17-14/h4-6,8H,7,9-10H2,1-3H3,(H,19,20). The lowest BCUT2D eigenvalue weighted by Gasteiger charge is -2.13. The number of aromatic amines is 1. The second-order valence-corrected chi connectivity index (χ2v) is 5.63. The molecule has 7 heteroatoms. The van der Waals surface area contributed by atoms with Crippen LogP contribution in [0, 0.1) is 13.8 Å². The van der Waals surface area contributed by atoms with Gasteiger partial charge in [0, 0.05) is 18.4 Å². The monoisotopic (exact) mass is 312 g/mol. The molecule has 0 spiro atoms. The molecule has 120 valence electrons. The molecule has 0 aliphatic carbocycles. The molecule has 3 aromatic rings. The maximum Gasteiger partial charge on any atom is 0.241 e. The molecule has 1 N–H and O–H groups in total. The highest BCUT2D eigenvalue weighted by molar-refractivity contribution is 5.46. The van der Waals surface area contributed by atoms with E-state index in [0.717, 1.165) is 30.0 Å². The zero-order valence-corrected chi connectivity index (χ0v) is 13.6. The smallest absolute Gasteiger partial charge is 0.241 e. The number of hydrogen-bond acceptors (Lipinski definition) is 6. The van der Waals surface area contributed by atoms with E-state index in [1.54, 1.807) is 6.20 Å². The summed E-state index contributed by atoms with van der Waals surface area (Å²) in [4.78, 5) is 10.8. The van der Waals surface area contributed by atoms with Crippen LogP contribution in [0.2, 0.25) is 0 Å². The fraction of sp³-hybridized carbons (Fsp3) is 0.375. The number of likely N-dealkylation sites (N-methyl/N-ethyl adjacent to an activating group) is 1. The van der Waals surface area contributed by atoms with Gasteiger partial charge in [-0.25, -0.2) is 0 Å². The van der Waals surface area contributed by atoms with Crippen molar-refractivity contribution < 1.29 is 4.52 Å². The zero-order chi connectivity index (χ0) is 16.2. The quantitative estimate of drug-likeness (QED) is 0.751. The van der Waals surface area contributed by atoms with Crippen molar-refractivity contribution in [1.29, 1.82) is 0 Å². The molecule has 3 rings (SSSR count). The number of rotatable bonds is 6. The maximum atomic E-state index is 5.31. The summed E-state index contributed by atoms with van der Waals surface area (Å²) in [7, 11) is 2.04. The predicted molar refractivity (Wildman–Crippen MR) is 85.6 cm³/mol. The maximum absolute atomic E-state index is 5.31. The molecule has 0 radical (unpaired) electrons. The van der Waals surface area contributed by atoms with E-state index in [1.807, 2.05) is 39.1 Å². The zero-order valence-electron chi connectivity index (χ0n) is 13.6. The normalized spacial score (nSPS) is 11.3. The number of aromatic nitrogens is 5. The van der Waals surface area contributed by atoms with E-state index in [2.05, 4.69) is 30.2 Å². The van der Waals surface area contributed by atoms with Gasteiger partial charge in [-0.1, -0.05) is 11.2 Å². The summed E-state index contributed by atoms with van der Waals surface area (Å²) in [6.07, 6.45) is 2.65. The number of pyridine rings is 1. The molecule has 0 aliphatic heterocycles. The third-order valence-corrected chi connectivity index (χ3v) is 3.79. The Morgan fingerprint density at radius 1 is 1.26 bits per heavy atom. The van der Waals surface area contributed by atoms with Gasteiger partial charge in [-0.15, -0.1) is 0 Å². The van der Waals surface area contributed by atoms with E-state index >= 15 is 0 Å². The van der Waals surface area contributed by atoms with Gasteiger partial charge in [-0.2, -0.15) is 10.1 Å². The molecule has 0 fully saturated rings. The number of H-pyrrole nitrogens is 1. The molecule has 0 amide bonds. The van der Waals surface area contributed by atoms with Gasteiger partial charge in [-0.05, 0) is 45.0 Å². The van der Waals surface area contributed by atoms with Crippen LogP contribution in [0.5, 0.6) is 0 Å². The molecule has 7 nitrogen and oxygen atoms in total. The van der Waals surface area contributed by atoms with Gasteiger partial charge in [0.15, 0.2) is 0 Å². The average Bonchev–Trinajstić information content (AvgIpc) is 3.14. The number of aryl methyl sites for hydroxylation is 2. The molecule has 0 bridgehead atoms. The number of nitrogens with one attached hydrogen (secondary N) is 1. The first-order valence-electron chi connectivity index (χ1n) is 7.56. The van der Waals surface area contributed by atoms with Crippen molar-refractivity contribution in [3.05, 3.63) is 47.2 Å². The van der Waals surface area contributed by atoms with Crippen LogP contribution >= 0.6 is 0 Å². The molecule has 3 heterocycles. The Kier molecular flexibility index (Phi) is 4.47. The first kappa shape index (κ1) is 15.4. The number of hydrogen-bond donors (Lipinski definition) is 1. The second-order valence-electron chi connectivity index (χ2n) is 5.63. The van der Waals surface area contributed by atoms with Crippen LogP contribution in [-0.2, 0) is 13.0 Å². The van der Waals surface area contributed by atoms with Gasteiger partial charge in [-0.3, -0.25) is 15.0 Å². The Hall–Kier alpha value is -2.54. The van der Waals surface area contributed by atoms with Crippen LogP contribution in [0.4, 0.5) is 0 Å². The summed E-state index contributed by atoms with van der Waals surface area (Å²) >= 11 is 0. The summed E-state index contributed by atoms with van der Waals surface area (Å²) < 4.78 is 5.31. The minimum absolute atomic E-state index is 0.524. The van der Waals surface area contributed by atoms with Crippen molar-refractivity contribution >= 4 is 0 Å². The third-order valence-electron chi connectivity index (χ3n) is 3.79. The fourth-order valence-electron chi connectivity index (χ4n) is 2.47. The van der Waals surface area contributed by atoms with Crippen LogP contribution in [-0.4, -0.2) is 43.8 Å². The van der Waals surface area contributed by atoms with Gasteiger partial charge in [0.25, 0.3) is 0 Å². The molecular formula is C16H20N6O. The predicted octanol–water partition coefficient (Wildman–Crippen LogP) is 2.15. The van der Waals surface area contributed by atoms with Crippen LogP contribution < -0.4 is 0 Å². The first-order chi connectivity index (χ1) is 11.1. The van der Waals surface area contributed by atoms with Gasteiger partial charge in [0.1, 0.15) is 5.69 Å². The molecule has 0 saturated heterocycles. The van der Waals surface area contributed by atoms with Gasteiger partial charge in [0.2, 0.25) is 11.7 Å². The fourth-order valence-corrected chi connectivity index (χ4v) is 2.47. The average molecular weight is 312 g/mol. The SMILES string of the molecule is Cc1n[nH]c(C)c1CCN(C)Cc1nc(-c2ccccn2)no1. The lowest BCUT2D eigenvalue weighted by molar-refractivity contribution is 0.269. The molecule has 3 aromatic heterocycles. The Labute approximate surface area is 134 Å². The van der Waals surface area contributed by atoms with Crippen molar-refractivity contribution in [1.82, 2.24) is 30.2 Å². The highest BCUT2D eigenvalue weighted by Crippen LogP contribution is 2.14. The van der Waals surface area contributed by atoms with Crippen LogP contribution in [0.1, 0.15) is 22.8 Å². The topological polar surface area (TPSA) is 83.7 Å². The van der Waals surface area contributed by atoms with Gasteiger partial charge in [0.05, 0.1) is 12.2 Å². The summed E-state index contributed by atoms with van der Waals surface area (Å²) in [5, 5.41) is 11.2. The van der Waals surface area contributed by atoms with Crippen molar-refractivity contribution in [2.75, 3.05) is 13.6 Å². The Morgan fingerprint density at radius 3 is 2.83 bits per heavy atom. The van der Waals surface area contributed by atoms with Crippen LogP contribution in [0.15, 0.2) is 28.9 Å². The highest BCUT2D eigenvalue weighted by Gasteiger charge is 2.12. The largest absolute Gasteiger partial charge is 0.337 e. The number of nitrogens with zero attached hydrogens (tertiary/aromatic N) is 5. The van der Waals surface area contributed by atoms with E-state index in [-0.39, 0.29) is 0 Å². The van der Waals surface area contributed by atoms with Crippen molar-refractivity contribution in [2.24, 2.45) is 0 Å². The summed E-state index contributed by atoms with van der Waals surface area (Å²) in [5.41, 5.74) is 4.18. The second kappa shape index (κ2) is 6.70. The highest BCUT2D eigenvalue weighted by atomic mass is 16.5. The van der Waals surface area contributed by atoms with Crippen LogP contribution in [0.3, 0.4) is 0 Å². The van der Waals surface area contributed by atoms with Gasteiger partial charge < -0.3 is 4.52 Å². The molecule has 0 saturated carbocycles. The van der Waals surface area contributed by atoms with E-state index in [0.29, 0.717) is 18.3 Å². The molecule has 0 aromatic carbocycles. The Morgan fingerprint density at radius 2 is 2.13 bits per heavy atom. The molecule has 0 unspecified atom stereocenters. The molecular weight excluding hydrogens is 292 g/mol. The Balaban J connectivity index is 1.58. The van der Waals surface area contributed by atoms with E-state index in [9.17, 15) is 0 Å². The van der Waals surface area contributed by atoms with Crippen molar-refractivity contribution in [3.8, 4) is 11.5 Å². The minimum atomic E-state index is 0.524. The molecule has 0 atom stereocenters. The van der Waals surface area contributed by atoms with E-state index in [1.165, 1.54) is 5.56 Å². The first-order valence-corrected chi connectivity index (χ1v) is 7.56. The summed E-state index contributed by atoms with van der Waals surface area (Å²) in [6, 6.07) is 5.63. The summed E-state index contributed by atoms with van der Waals surface area (Å²) in [5.74, 6) is 1.12. The molecule has 0 aliphatic rings. The summed E-state index contributed by atoms with van der Waals surface area (Å²) in [6.45, 7) is 5.57. The lowest BCUT2D eigenvalue weighted by atomic mass is 10.1. The lowest BCUT2D eigenvalue weighted by Crippen LogP contribution is -2.21. The van der Waals surface area contributed by atoms with Crippen molar-refractivity contribution in [2.45, 2.75) is 26.8 Å². The molecule has 23 heavy (non-hydrogen) atoms. The Bertz CT molecular complexity index is 744. The van der Waals surface area contributed by atoms with Crippen LogP contribution in [0.25, 0.3) is 11.5 Å². The van der Waals surface area contributed by atoms with E-state index < -0.39 is 0 Å². The third kappa shape index (κ3) is 3.62. The van der Waals surface area contributed by atoms with E-state index in [4.69, 9.17) is 4.52 Å². The minimum Gasteiger partial charge on any atom is -0.337 e. The van der Waals surface area contributed by atoms with Crippen molar-refractivity contribution in [3.63, 3.8) is 0 Å². The van der Waals surface area contributed by atoms with Gasteiger partial charge >= 0.3 is 0 Å².